The summed E-state index contributed by atoms with van der Waals surface area (Å²) in [6.45, 7) is 2.60. The van der Waals surface area contributed by atoms with Crippen LogP contribution in [0.1, 0.15) is 39.0 Å². The van der Waals surface area contributed by atoms with Crippen LogP contribution in [0.5, 0.6) is 0 Å². The fourth-order valence-electron chi connectivity index (χ4n) is 1.92. The predicted octanol–water partition coefficient (Wildman–Crippen LogP) is 2.77. The van der Waals surface area contributed by atoms with E-state index in [4.69, 9.17) is 9.84 Å². The Hall–Kier alpha value is -1.62. The van der Waals surface area contributed by atoms with Gasteiger partial charge in [0.2, 0.25) is 0 Å². The number of aliphatic carboxylic acids is 1. The van der Waals surface area contributed by atoms with Crippen molar-refractivity contribution in [2.24, 2.45) is 0 Å². The molecule has 0 rings (SSSR count). The molecule has 1 atom stereocenters. The molecule has 0 aliphatic heterocycles. The van der Waals surface area contributed by atoms with Crippen molar-refractivity contribution in [3.8, 4) is 0 Å². The number of unbranched alkanes of at least 4 members (excludes halogenated alkanes) is 1. The molecular weight excluding hydrogens is 282 g/mol. The Morgan fingerprint density at radius 1 is 1.14 bits per heavy atom. The Morgan fingerprint density at radius 2 is 1.77 bits per heavy atom. The molecule has 0 aromatic carbocycles. The fraction of sp³-hybridized carbons (Fsp3) is 0.647. The van der Waals surface area contributed by atoms with Crippen LogP contribution >= 0.6 is 0 Å². The lowest BCUT2D eigenvalue weighted by molar-refractivity contribution is -0.873. The number of hydrogen-bond acceptors (Lipinski definition) is 3. The summed E-state index contributed by atoms with van der Waals surface area (Å²) in [5.41, 5.74) is 0. The van der Waals surface area contributed by atoms with Crippen LogP contribution in [0, 0.1) is 0 Å². The number of carboxylic acid groups (broad SMARTS) is 1. The van der Waals surface area contributed by atoms with Crippen molar-refractivity contribution >= 4 is 11.9 Å². The quantitative estimate of drug-likeness (QED) is 0.362. The van der Waals surface area contributed by atoms with Crippen molar-refractivity contribution in [1.82, 2.24) is 0 Å². The minimum atomic E-state index is -0.956. The summed E-state index contributed by atoms with van der Waals surface area (Å²) in [6, 6.07) is 0. The van der Waals surface area contributed by atoms with Gasteiger partial charge >= 0.3 is 11.9 Å². The molecular formula is C17H30NO4+. The lowest BCUT2D eigenvalue weighted by Gasteiger charge is -2.28. The van der Waals surface area contributed by atoms with E-state index >= 15 is 0 Å². The van der Waals surface area contributed by atoms with E-state index in [9.17, 15) is 9.59 Å². The molecule has 5 nitrogen and oxygen atoms in total. The van der Waals surface area contributed by atoms with E-state index in [0.717, 1.165) is 19.3 Å². The molecule has 0 bridgehead atoms. The smallest absolute Gasteiger partial charge is 0.310 e. The molecule has 1 N–H and O–H groups in total. The zero-order chi connectivity index (χ0) is 17.0. The number of carbonyl (C=O) groups excluding carboxylic acids is 1. The van der Waals surface area contributed by atoms with Crippen molar-refractivity contribution in [3.63, 3.8) is 0 Å². The molecule has 0 aromatic rings. The van der Waals surface area contributed by atoms with E-state index in [-0.39, 0.29) is 18.8 Å². The third kappa shape index (κ3) is 13.4. The lowest BCUT2D eigenvalue weighted by Crippen LogP contribution is -2.43. The molecule has 5 heteroatoms. The first-order valence-corrected chi connectivity index (χ1v) is 7.76. The maximum absolute atomic E-state index is 11.8. The van der Waals surface area contributed by atoms with E-state index in [1.807, 2.05) is 27.2 Å². The van der Waals surface area contributed by atoms with Crippen LogP contribution in [0.25, 0.3) is 0 Å². The molecule has 0 fully saturated rings. The van der Waals surface area contributed by atoms with Gasteiger partial charge in [0.1, 0.15) is 6.54 Å². The topological polar surface area (TPSA) is 63.6 Å². The lowest BCUT2D eigenvalue weighted by atomic mass is 10.2. The van der Waals surface area contributed by atoms with Gasteiger partial charge in [-0.3, -0.25) is 9.59 Å². The fourth-order valence-corrected chi connectivity index (χ4v) is 1.92. The third-order valence-electron chi connectivity index (χ3n) is 2.80. The first-order chi connectivity index (χ1) is 10.2. The predicted molar refractivity (Wildman–Crippen MR) is 87.5 cm³/mol. The Balaban J connectivity index is 4.21. The zero-order valence-electron chi connectivity index (χ0n) is 14.2. The number of esters is 1. The van der Waals surface area contributed by atoms with E-state index in [1.165, 1.54) is 0 Å². The van der Waals surface area contributed by atoms with E-state index < -0.39 is 12.1 Å². The van der Waals surface area contributed by atoms with Gasteiger partial charge < -0.3 is 14.3 Å². The van der Waals surface area contributed by atoms with Crippen LogP contribution in [0.15, 0.2) is 24.3 Å². The molecule has 0 heterocycles. The molecule has 0 aromatic heterocycles. The number of rotatable bonds is 11. The number of quaternary nitrogens is 1. The number of nitrogens with zero attached hydrogens (tertiary/aromatic N) is 1. The van der Waals surface area contributed by atoms with Gasteiger partial charge in [-0.1, -0.05) is 37.6 Å². The minimum absolute atomic E-state index is 0.162. The zero-order valence-corrected chi connectivity index (χ0v) is 14.2. The Morgan fingerprint density at radius 3 is 2.32 bits per heavy atom. The molecule has 1 unspecified atom stereocenters. The highest BCUT2D eigenvalue weighted by Crippen LogP contribution is 2.07. The molecule has 0 saturated carbocycles. The number of ether oxygens (including phenoxy) is 1. The Bertz CT molecular complexity index is 394. The molecule has 22 heavy (non-hydrogen) atoms. The van der Waals surface area contributed by atoms with Crippen LogP contribution in [-0.4, -0.2) is 55.3 Å². The van der Waals surface area contributed by atoms with Crippen LogP contribution in [0.4, 0.5) is 0 Å². The van der Waals surface area contributed by atoms with Crippen LogP contribution in [-0.2, 0) is 14.3 Å². The molecule has 126 valence electrons. The molecule has 0 aliphatic carbocycles. The van der Waals surface area contributed by atoms with Crippen LogP contribution in [0.2, 0.25) is 0 Å². The highest BCUT2D eigenvalue weighted by molar-refractivity contribution is 5.72. The van der Waals surface area contributed by atoms with E-state index in [1.54, 1.807) is 6.08 Å². The van der Waals surface area contributed by atoms with Crippen LogP contribution < -0.4 is 0 Å². The number of allylic oxidation sites excluding steroid dienone is 3. The average molecular weight is 312 g/mol. The van der Waals surface area contributed by atoms with E-state index in [0.29, 0.717) is 11.0 Å². The van der Waals surface area contributed by atoms with Crippen molar-refractivity contribution in [2.75, 3.05) is 27.7 Å². The summed E-state index contributed by atoms with van der Waals surface area (Å²) < 4.78 is 5.82. The second-order valence-electron chi connectivity index (χ2n) is 6.35. The van der Waals surface area contributed by atoms with Crippen molar-refractivity contribution < 1.29 is 23.9 Å². The summed E-state index contributed by atoms with van der Waals surface area (Å²) >= 11 is 0. The average Bonchev–Trinajstić information content (AvgIpc) is 2.34. The number of carbonyl (C=O) groups is 2. The van der Waals surface area contributed by atoms with Gasteiger partial charge in [-0.2, -0.15) is 0 Å². The van der Waals surface area contributed by atoms with Gasteiger partial charge in [0.15, 0.2) is 6.10 Å². The number of likely N-dealkylation sites (N-methyl/N-ethyl adjacent to an activating group) is 1. The largest absolute Gasteiger partial charge is 0.481 e. The molecule has 0 spiro atoms. The van der Waals surface area contributed by atoms with Crippen LogP contribution in [0.3, 0.4) is 0 Å². The highest BCUT2D eigenvalue weighted by Gasteiger charge is 2.24. The minimum Gasteiger partial charge on any atom is -0.481 e. The molecule has 0 saturated heterocycles. The SMILES string of the molecule is CCC/C=C/C/C=C/CC(=O)OC(CC(=O)O)C[N+](C)(C)C. The van der Waals surface area contributed by atoms with Gasteiger partial charge in [-0.15, -0.1) is 0 Å². The van der Waals surface area contributed by atoms with Gasteiger partial charge in [-0.25, -0.2) is 0 Å². The maximum Gasteiger partial charge on any atom is 0.310 e. The van der Waals surface area contributed by atoms with E-state index in [2.05, 4.69) is 19.1 Å². The maximum atomic E-state index is 11.8. The first-order valence-electron chi connectivity index (χ1n) is 7.76. The van der Waals surface area contributed by atoms with Gasteiger partial charge in [0.25, 0.3) is 0 Å². The summed E-state index contributed by atoms with van der Waals surface area (Å²) in [6.07, 6.45) is 10.3. The van der Waals surface area contributed by atoms with Gasteiger partial charge in [0.05, 0.1) is 34.0 Å². The van der Waals surface area contributed by atoms with Gasteiger partial charge in [0, 0.05) is 0 Å². The Kier molecular flexibility index (Phi) is 10.2. The van der Waals surface area contributed by atoms with Crippen molar-refractivity contribution in [2.45, 2.75) is 45.1 Å². The summed E-state index contributed by atoms with van der Waals surface area (Å²) in [7, 11) is 5.81. The second-order valence-corrected chi connectivity index (χ2v) is 6.35. The first kappa shape index (κ1) is 20.4. The third-order valence-corrected chi connectivity index (χ3v) is 2.80. The van der Waals surface area contributed by atoms with Crippen molar-refractivity contribution in [1.29, 1.82) is 0 Å². The Labute approximate surface area is 133 Å². The molecule has 0 amide bonds. The van der Waals surface area contributed by atoms with Crippen molar-refractivity contribution in [3.05, 3.63) is 24.3 Å². The van der Waals surface area contributed by atoms with Gasteiger partial charge in [-0.05, 0) is 12.8 Å². The summed E-state index contributed by atoms with van der Waals surface area (Å²) in [5.74, 6) is -1.34. The molecule has 0 radical (unpaired) electrons. The number of hydrogen-bond donors (Lipinski definition) is 1. The summed E-state index contributed by atoms with van der Waals surface area (Å²) in [5, 5.41) is 8.89. The summed E-state index contributed by atoms with van der Waals surface area (Å²) in [4.78, 5) is 22.6. The number of carboxylic acids is 1. The second kappa shape index (κ2) is 11.0. The molecule has 0 aliphatic rings. The highest BCUT2D eigenvalue weighted by atomic mass is 16.5. The normalized spacial score (nSPS) is 13.6. The standard InChI is InChI=1S/C17H29NO4/c1-5-6-7-8-9-10-11-12-17(21)22-15(13-16(19)20)14-18(2,3)4/h7-8,10-11,15H,5-6,9,12-14H2,1-4H3/p+1/b8-7+,11-10+. The monoisotopic (exact) mass is 312 g/mol.